The number of anilines is 1. The van der Waals surface area contributed by atoms with Gasteiger partial charge in [-0.15, -0.1) is 0 Å². The zero-order valence-electron chi connectivity index (χ0n) is 14.4. The number of nitrogens with one attached hydrogen (secondary N) is 1. The third-order valence-corrected chi connectivity index (χ3v) is 4.58. The quantitative estimate of drug-likeness (QED) is 0.893. The Hall–Kier alpha value is -2.62. The molecule has 1 N–H and O–H groups in total. The average molecular weight is 321 g/mol. The van der Waals surface area contributed by atoms with Crippen molar-refractivity contribution in [1.82, 2.24) is 4.90 Å². The third-order valence-electron chi connectivity index (χ3n) is 4.58. The molecule has 0 aliphatic carbocycles. The Morgan fingerprint density at radius 3 is 2.42 bits per heavy atom. The maximum atomic E-state index is 12.3. The van der Waals surface area contributed by atoms with Gasteiger partial charge in [-0.1, -0.05) is 48.5 Å². The lowest BCUT2D eigenvalue weighted by molar-refractivity contribution is 0.259. The number of aryl methyl sites for hydroxylation is 2. The first-order chi connectivity index (χ1) is 11.5. The van der Waals surface area contributed by atoms with Crippen molar-refractivity contribution < 1.29 is 4.79 Å². The van der Waals surface area contributed by atoms with E-state index in [2.05, 4.69) is 39.5 Å². The summed E-state index contributed by atoms with van der Waals surface area (Å²) in [5.41, 5.74) is 4.24. The van der Waals surface area contributed by atoms with Crippen LogP contribution in [0.2, 0.25) is 0 Å². The van der Waals surface area contributed by atoms with Crippen molar-refractivity contribution in [1.29, 1.82) is 0 Å². The van der Waals surface area contributed by atoms with Gasteiger partial charge in [0, 0.05) is 31.6 Å². The highest BCUT2D eigenvalue weighted by atomic mass is 16.2. The zero-order chi connectivity index (χ0) is 17.1. The molecule has 0 saturated carbocycles. The third kappa shape index (κ3) is 3.48. The lowest BCUT2D eigenvalue weighted by Crippen LogP contribution is -2.22. The van der Waals surface area contributed by atoms with E-state index in [-0.39, 0.29) is 6.03 Å². The van der Waals surface area contributed by atoms with Crippen LogP contribution in [-0.4, -0.2) is 30.4 Å². The van der Waals surface area contributed by atoms with Crippen molar-refractivity contribution in [3.05, 3.63) is 65.2 Å². The minimum atomic E-state index is -0.303. The molecule has 24 heavy (non-hydrogen) atoms. The summed E-state index contributed by atoms with van der Waals surface area (Å²) in [5, 5.41) is 2.93. The molecule has 1 atom stereocenters. The topological polar surface area (TPSA) is 44.7 Å². The van der Waals surface area contributed by atoms with Gasteiger partial charge in [0.1, 0.15) is 5.84 Å². The van der Waals surface area contributed by atoms with E-state index >= 15 is 0 Å². The Morgan fingerprint density at radius 1 is 1.08 bits per heavy atom. The zero-order valence-corrected chi connectivity index (χ0v) is 14.4. The van der Waals surface area contributed by atoms with E-state index in [1.165, 1.54) is 5.56 Å². The van der Waals surface area contributed by atoms with Gasteiger partial charge >= 0.3 is 6.03 Å². The van der Waals surface area contributed by atoms with E-state index in [0.29, 0.717) is 5.92 Å². The van der Waals surface area contributed by atoms with Gasteiger partial charge in [0.25, 0.3) is 0 Å². The first-order valence-electron chi connectivity index (χ1n) is 8.25. The maximum Gasteiger partial charge on any atom is 0.347 e. The second-order valence-corrected chi connectivity index (χ2v) is 6.42. The molecule has 1 saturated heterocycles. The van der Waals surface area contributed by atoms with E-state index in [4.69, 9.17) is 0 Å². The van der Waals surface area contributed by atoms with Crippen LogP contribution in [0.3, 0.4) is 0 Å². The van der Waals surface area contributed by atoms with Crippen molar-refractivity contribution in [2.45, 2.75) is 26.2 Å². The van der Waals surface area contributed by atoms with Gasteiger partial charge in [-0.3, -0.25) is 0 Å². The highest BCUT2D eigenvalue weighted by Crippen LogP contribution is 2.28. The monoisotopic (exact) mass is 321 g/mol. The standard InChI is InChI=1S/C20H23N3O/c1-14-8-7-9-15(2)19(14)22-20(24)21-18-12-17(13-23(18)3)16-10-5-4-6-11-16/h4-11,17H,12-13H2,1-3H3,(H,22,24)/b21-18+. The number of rotatable bonds is 2. The van der Waals surface area contributed by atoms with E-state index in [9.17, 15) is 4.79 Å². The van der Waals surface area contributed by atoms with Gasteiger partial charge in [-0.2, -0.15) is 4.99 Å². The molecule has 1 aliphatic heterocycles. The smallest absolute Gasteiger partial charge is 0.347 e. The summed E-state index contributed by atoms with van der Waals surface area (Å²) in [4.78, 5) is 18.7. The highest BCUT2D eigenvalue weighted by molar-refractivity contribution is 6.01. The molecule has 3 rings (SSSR count). The summed E-state index contributed by atoms with van der Waals surface area (Å²) in [6, 6.07) is 16.1. The van der Waals surface area contributed by atoms with Crippen molar-refractivity contribution in [3.63, 3.8) is 0 Å². The molecule has 1 unspecified atom stereocenters. The minimum Gasteiger partial charge on any atom is -0.362 e. The largest absolute Gasteiger partial charge is 0.362 e. The van der Waals surface area contributed by atoms with Crippen LogP contribution >= 0.6 is 0 Å². The minimum absolute atomic E-state index is 0.303. The van der Waals surface area contributed by atoms with E-state index in [0.717, 1.165) is 35.6 Å². The summed E-state index contributed by atoms with van der Waals surface area (Å²) in [7, 11) is 1.99. The number of carbonyl (C=O) groups excluding carboxylic acids is 1. The molecular weight excluding hydrogens is 298 g/mol. The molecule has 2 amide bonds. The molecule has 2 aromatic rings. The highest BCUT2D eigenvalue weighted by Gasteiger charge is 2.27. The van der Waals surface area contributed by atoms with Crippen LogP contribution in [-0.2, 0) is 0 Å². The second-order valence-electron chi connectivity index (χ2n) is 6.42. The molecule has 0 radical (unpaired) electrons. The molecule has 1 heterocycles. The van der Waals surface area contributed by atoms with Gasteiger partial charge in [0.05, 0.1) is 0 Å². The Labute approximate surface area is 143 Å². The number of likely N-dealkylation sites (tertiary alicyclic amines) is 1. The fourth-order valence-electron chi connectivity index (χ4n) is 3.22. The van der Waals surface area contributed by atoms with Gasteiger partial charge in [0.15, 0.2) is 0 Å². The van der Waals surface area contributed by atoms with Crippen molar-refractivity contribution in [3.8, 4) is 0 Å². The van der Waals surface area contributed by atoms with Crippen molar-refractivity contribution in [2.24, 2.45) is 4.99 Å². The summed E-state index contributed by atoms with van der Waals surface area (Å²) < 4.78 is 0. The van der Waals surface area contributed by atoms with Crippen molar-refractivity contribution in [2.75, 3.05) is 18.9 Å². The number of benzene rings is 2. The van der Waals surface area contributed by atoms with Gasteiger partial charge < -0.3 is 10.2 Å². The molecule has 0 aromatic heterocycles. The number of hydrogen-bond donors (Lipinski definition) is 1. The molecule has 2 aromatic carbocycles. The first kappa shape index (κ1) is 16.2. The number of aliphatic imine (C=N–C) groups is 1. The van der Waals surface area contributed by atoms with Gasteiger partial charge in [0.2, 0.25) is 0 Å². The van der Waals surface area contributed by atoms with Crippen LogP contribution in [0, 0.1) is 13.8 Å². The molecule has 4 nitrogen and oxygen atoms in total. The first-order valence-corrected chi connectivity index (χ1v) is 8.25. The summed E-state index contributed by atoms with van der Waals surface area (Å²) >= 11 is 0. The van der Waals surface area contributed by atoms with Crippen LogP contribution in [0.5, 0.6) is 0 Å². The lowest BCUT2D eigenvalue weighted by Gasteiger charge is -2.13. The van der Waals surface area contributed by atoms with E-state index < -0.39 is 0 Å². The van der Waals surface area contributed by atoms with E-state index in [1.54, 1.807) is 0 Å². The van der Waals surface area contributed by atoms with Gasteiger partial charge in [-0.25, -0.2) is 4.79 Å². The second kappa shape index (κ2) is 6.87. The number of amides is 2. The number of urea groups is 1. The SMILES string of the molecule is Cc1cccc(C)c1NC(=O)/N=C1\CC(c2ccccc2)CN1C. The number of para-hydroxylation sites is 1. The molecule has 1 aliphatic rings. The lowest BCUT2D eigenvalue weighted by atomic mass is 9.98. The number of nitrogens with zero attached hydrogens (tertiary/aromatic N) is 2. The van der Waals surface area contributed by atoms with Crippen molar-refractivity contribution >= 4 is 17.6 Å². The Morgan fingerprint density at radius 2 is 1.75 bits per heavy atom. The average Bonchev–Trinajstić information content (AvgIpc) is 2.93. The predicted molar refractivity (Wildman–Crippen MR) is 98.8 cm³/mol. The van der Waals surface area contributed by atoms with Crippen LogP contribution in [0.15, 0.2) is 53.5 Å². The maximum absolute atomic E-state index is 12.3. The Kier molecular flexibility index (Phi) is 4.65. The van der Waals surface area contributed by atoms with Crippen LogP contribution < -0.4 is 5.32 Å². The Balaban J connectivity index is 1.73. The number of hydrogen-bond acceptors (Lipinski definition) is 1. The van der Waals surface area contributed by atoms with Crippen LogP contribution in [0.1, 0.15) is 29.0 Å². The molecule has 1 fully saturated rings. The fraction of sp³-hybridized carbons (Fsp3) is 0.300. The van der Waals surface area contributed by atoms with E-state index in [1.807, 2.05) is 45.2 Å². The number of likely N-dealkylation sites (N-methyl/N-ethyl adjacent to an activating group) is 1. The molecule has 0 bridgehead atoms. The normalized spacial score (nSPS) is 18.9. The number of carbonyl (C=O) groups is 1. The predicted octanol–water partition coefficient (Wildman–Crippen LogP) is 4.35. The molecular formula is C20H23N3O. The summed E-state index contributed by atoms with van der Waals surface area (Å²) in [6.45, 7) is 4.87. The summed E-state index contributed by atoms with van der Waals surface area (Å²) in [5.74, 6) is 1.23. The Bertz CT molecular complexity index is 747. The number of amidine groups is 1. The van der Waals surface area contributed by atoms with Crippen LogP contribution in [0.25, 0.3) is 0 Å². The summed E-state index contributed by atoms with van der Waals surface area (Å²) in [6.07, 6.45) is 0.792. The molecule has 4 heteroatoms. The molecule has 0 spiro atoms. The fourth-order valence-corrected chi connectivity index (χ4v) is 3.22. The van der Waals surface area contributed by atoms with Gasteiger partial charge in [-0.05, 0) is 30.5 Å². The van der Waals surface area contributed by atoms with Crippen LogP contribution in [0.4, 0.5) is 10.5 Å². The molecule has 124 valence electrons.